The Morgan fingerprint density at radius 2 is 1.83 bits per heavy atom. The highest BCUT2D eigenvalue weighted by atomic mass is 16.6. The Hall–Kier alpha value is -2.11. The summed E-state index contributed by atoms with van der Waals surface area (Å²) in [6.45, 7) is 3.58. The van der Waals surface area contributed by atoms with Crippen LogP contribution in [0.25, 0.3) is 0 Å². The number of anilines is 1. The van der Waals surface area contributed by atoms with Crippen LogP contribution in [0.15, 0.2) is 24.3 Å². The molecule has 1 aromatic carbocycles. The van der Waals surface area contributed by atoms with Crippen LogP contribution in [0.5, 0.6) is 0 Å². The minimum Gasteiger partial charge on any atom is -0.480 e. The molecule has 0 aromatic heterocycles. The zero-order valence-corrected chi connectivity index (χ0v) is 10.3. The number of non-ortho nitro benzene ring substituents is 1. The Bertz CT molecular complexity index is 438. The van der Waals surface area contributed by atoms with E-state index in [2.05, 4.69) is 5.32 Å². The first-order chi connectivity index (χ1) is 8.45. The third-order valence-electron chi connectivity index (χ3n) is 3.08. The Labute approximate surface area is 105 Å². The van der Waals surface area contributed by atoms with E-state index in [1.165, 1.54) is 24.3 Å². The van der Waals surface area contributed by atoms with Crippen LogP contribution in [0.1, 0.15) is 26.7 Å². The van der Waals surface area contributed by atoms with Gasteiger partial charge in [-0.15, -0.1) is 0 Å². The number of hydrogen-bond acceptors (Lipinski definition) is 4. The van der Waals surface area contributed by atoms with Crippen molar-refractivity contribution in [3.8, 4) is 0 Å². The SMILES string of the molecule is CCC(CC)(Nc1ccc([N+](=O)[O-])cc1)C(=O)O. The molecule has 0 aliphatic heterocycles. The molecule has 18 heavy (non-hydrogen) atoms. The lowest BCUT2D eigenvalue weighted by molar-refractivity contribution is -0.384. The summed E-state index contributed by atoms with van der Waals surface area (Å²) >= 11 is 0. The molecule has 0 heterocycles. The molecule has 0 saturated carbocycles. The van der Waals surface area contributed by atoms with Gasteiger partial charge >= 0.3 is 5.97 Å². The lowest BCUT2D eigenvalue weighted by atomic mass is 9.92. The Morgan fingerprint density at radius 3 is 2.17 bits per heavy atom. The topological polar surface area (TPSA) is 92.5 Å². The third-order valence-corrected chi connectivity index (χ3v) is 3.08. The summed E-state index contributed by atoms with van der Waals surface area (Å²) in [7, 11) is 0. The van der Waals surface area contributed by atoms with Gasteiger partial charge in [-0.2, -0.15) is 0 Å². The minimum atomic E-state index is -1.03. The van der Waals surface area contributed by atoms with E-state index in [0.717, 1.165) is 0 Å². The summed E-state index contributed by atoms with van der Waals surface area (Å²) in [5, 5.41) is 22.7. The molecule has 1 rings (SSSR count). The summed E-state index contributed by atoms with van der Waals surface area (Å²) in [5.74, 6) is -0.925. The van der Waals surface area contributed by atoms with Crippen molar-refractivity contribution in [3.63, 3.8) is 0 Å². The molecule has 0 unspecified atom stereocenters. The van der Waals surface area contributed by atoms with Gasteiger partial charge in [0.05, 0.1) is 4.92 Å². The lowest BCUT2D eigenvalue weighted by Crippen LogP contribution is -2.45. The number of nitrogens with one attached hydrogen (secondary N) is 1. The number of carboxylic acid groups (broad SMARTS) is 1. The molecule has 0 amide bonds. The van der Waals surface area contributed by atoms with E-state index in [1.807, 2.05) is 0 Å². The highest BCUT2D eigenvalue weighted by Gasteiger charge is 2.34. The van der Waals surface area contributed by atoms with Gasteiger partial charge in [0.2, 0.25) is 0 Å². The van der Waals surface area contributed by atoms with Crippen molar-refractivity contribution in [3.05, 3.63) is 34.4 Å². The first kappa shape index (κ1) is 14.0. The molecule has 0 atom stereocenters. The van der Waals surface area contributed by atoms with E-state index in [1.54, 1.807) is 13.8 Å². The normalized spacial score (nSPS) is 11.0. The molecule has 0 aliphatic rings. The van der Waals surface area contributed by atoms with Crippen molar-refractivity contribution >= 4 is 17.3 Å². The summed E-state index contributed by atoms with van der Waals surface area (Å²) in [4.78, 5) is 21.3. The smallest absolute Gasteiger partial charge is 0.329 e. The van der Waals surface area contributed by atoms with Gasteiger partial charge in [0, 0.05) is 17.8 Å². The van der Waals surface area contributed by atoms with Crippen LogP contribution in [0.2, 0.25) is 0 Å². The second-order valence-electron chi connectivity index (χ2n) is 4.02. The van der Waals surface area contributed by atoms with Crippen molar-refractivity contribution in [2.45, 2.75) is 32.2 Å². The number of nitro benzene ring substituents is 1. The second kappa shape index (κ2) is 5.48. The van der Waals surface area contributed by atoms with Crippen LogP contribution in [-0.2, 0) is 4.79 Å². The van der Waals surface area contributed by atoms with Gasteiger partial charge in [-0.25, -0.2) is 4.79 Å². The van der Waals surface area contributed by atoms with Gasteiger partial charge in [-0.1, -0.05) is 13.8 Å². The molecule has 0 spiro atoms. The summed E-state index contributed by atoms with van der Waals surface area (Å²) in [6.07, 6.45) is 0.853. The molecule has 1 aromatic rings. The van der Waals surface area contributed by atoms with Gasteiger partial charge in [0.15, 0.2) is 0 Å². The third kappa shape index (κ3) is 2.77. The predicted octanol–water partition coefficient (Wildman–Crippen LogP) is 2.65. The number of benzene rings is 1. The zero-order chi connectivity index (χ0) is 13.8. The van der Waals surface area contributed by atoms with E-state index < -0.39 is 16.4 Å². The first-order valence-corrected chi connectivity index (χ1v) is 5.71. The molecule has 0 fully saturated rings. The van der Waals surface area contributed by atoms with Crippen LogP contribution in [0.4, 0.5) is 11.4 Å². The van der Waals surface area contributed by atoms with E-state index in [9.17, 15) is 20.0 Å². The quantitative estimate of drug-likeness (QED) is 0.599. The Morgan fingerprint density at radius 1 is 1.33 bits per heavy atom. The standard InChI is InChI=1S/C12H16N2O4/c1-3-12(4-2,11(15)16)13-9-5-7-10(8-6-9)14(17)18/h5-8,13H,3-4H2,1-2H3,(H,15,16). The molecule has 0 radical (unpaired) electrons. The second-order valence-corrected chi connectivity index (χ2v) is 4.02. The summed E-state index contributed by atoms with van der Waals surface area (Å²) in [5.41, 5.74) is -0.489. The van der Waals surface area contributed by atoms with Gasteiger partial charge in [0.25, 0.3) is 5.69 Å². The predicted molar refractivity (Wildman–Crippen MR) is 67.7 cm³/mol. The molecular weight excluding hydrogens is 236 g/mol. The average molecular weight is 252 g/mol. The Kier molecular flexibility index (Phi) is 4.25. The molecule has 6 heteroatoms. The van der Waals surface area contributed by atoms with Gasteiger partial charge < -0.3 is 10.4 Å². The van der Waals surface area contributed by atoms with Crippen LogP contribution < -0.4 is 5.32 Å². The maximum atomic E-state index is 11.3. The molecule has 0 saturated heterocycles. The van der Waals surface area contributed by atoms with E-state index in [0.29, 0.717) is 18.5 Å². The summed E-state index contributed by atoms with van der Waals surface area (Å²) in [6, 6.07) is 5.73. The van der Waals surface area contributed by atoms with Crippen LogP contribution >= 0.6 is 0 Å². The van der Waals surface area contributed by atoms with Gasteiger partial charge in [0.1, 0.15) is 5.54 Å². The molecule has 98 valence electrons. The molecule has 6 nitrogen and oxygen atoms in total. The van der Waals surface area contributed by atoms with Crippen molar-refractivity contribution in [1.29, 1.82) is 0 Å². The fourth-order valence-electron chi connectivity index (χ4n) is 1.73. The average Bonchev–Trinajstić information content (AvgIpc) is 2.36. The highest BCUT2D eigenvalue weighted by Crippen LogP contribution is 2.24. The molecule has 0 aliphatic carbocycles. The van der Waals surface area contributed by atoms with E-state index >= 15 is 0 Å². The number of nitro groups is 1. The zero-order valence-electron chi connectivity index (χ0n) is 10.3. The number of rotatable bonds is 6. The number of carboxylic acids is 1. The van der Waals surface area contributed by atoms with Gasteiger partial charge in [-0.05, 0) is 25.0 Å². The molecule has 0 bridgehead atoms. The number of hydrogen-bond donors (Lipinski definition) is 2. The minimum absolute atomic E-state index is 0.0190. The van der Waals surface area contributed by atoms with Crippen LogP contribution in [0, 0.1) is 10.1 Å². The van der Waals surface area contributed by atoms with Gasteiger partial charge in [-0.3, -0.25) is 10.1 Å². The number of nitrogens with zero attached hydrogens (tertiary/aromatic N) is 1. The Balaban J connectivity index is 2.95. The molecule has 2 N–H and O–H groups in total. The highest BCUT2D eigenvalue weighted by molar-refractivity contribution is 5.82. The number of aliphatic carboxylic acids is 1. The van der Waals surface area contributed by atoms with E-state index in [4.69, 9.17) is 0 Å². The lowest BCUT2D eigenvalue weighted by Gasteiger charge is -2.29. The van der Waals surface area contributed by atoms with Crippen LogP contribution in [0.3, 0.4) is 0 Å². The van der Waals surface area contributed by atoms with Crippen molar-refractivity contribution in [2.24, 2.45) is 0 Å². The fourth-order valence-corrected chi connectivity index (χ4v) is 1.73. The fraction of sp³-hybridized carbons (Fsp3) is 0.417. The van der Waals surface area contributed by atoms with Crippen LogP contribution in [-0.4, -0.2) is 21.5 Å². The van der Waals surface area contributed by atoms with Crippen molar-refractivity contribution in [2.75, 3.05) is 5.32 Å². The summed E-state index contributed by atoms with van der Waals surface area (Å²) < 4.78 is 0. The monoisotopic (exact) mass is 252 g/mol. The van der Waals surface area contributed by atoms with Crippen molar-refractivity contribution in [1.82, 2.24) is 0 Å². The number of carbonyl (C=O) groups is 1. The maximum absolute atomic E-state index is 11.3. The van der Waals surface area contributed by atoms with Crippen molar-refractivity contribution < 1.29 is 14.8 Å². The first-order valence-electron chi connectivity index (χ1n) is 5.71. The van der Waals surface area contributed by atoms with E-state index in [-0.39, 0.29) is 5.69 Å². The maximum Gasteiger partial charge on any atom is 0.329 e. The largest absolute Gasteiger partial charge is 0.480 e. The molecular formula is C12H16N2O4.